The van der Waals surface area contributed by atoms with Gasteiger partial charge in [-0.2, -0.15) is 15.1 Å². The van der Waals surface area contributed by atoms with Gasteiger partial charge in [0.05, 0.1) is 11.7 Å². The highest BCUT2D eigenvalue weighted by molar-refractivity contribution is 5.94. The summed E-state index contributed by atoms with van der Waals surface area (Å²) in [6, 6.07) is 12.7. The largest absolute Gasteiger partial charge is 0.424 e. The lowest BCUT2D eigenvalue weighted by atomic mass is 10.1. The van der Waals surface area contributed by atoms with Crippen molar-refractivity contribution in [2.24, 2.45) is 0 Å². The number of fused-ring (bicyclic) bond motifs is 1. The van der Waals surface area contributed by atoms with Gasteiger partial charge in [-0.1, -0.05) is 12.1 Å². The molecular weight excluding hydrogens is 344 g/mol. The first-order valence-electron chi connectivity index (χ1n) is 8.23. The number of nitrogens with one attached hydrogen (secondary N) is 1. The van der Waals surface area contributed by atoms with E-state index >= 15 is 0 Å². The second kappa shape index (κ2) is 6.83. The Bertz CT molecular complexity index is 1100. The number of aromatic nitrogens is 5. The van der Waals surface area contributed by atoms with Gasteiger partial charge in [-0.05, 0) is 30.3 Å². The number of hydrogen-bond acceptors (Lipinski definition) is 6. The maximum Gasteiger partial charge on any atom is 0.325 e. The van der Waals surface area contributed by atoms with Gasteiger partial charge < -0.3 is 9.64 Å². The summed E-state index contributed by atoms with van der Waals surface area (Å²) in [5, 5.41) is 7.89. The Hall–Kier alpha value is -3.81. The molecule has 0 aliphatic rings. The van der Waals surface area contributed by atoms with Gasteiger partial charge in [0, 0.05) is 30.6 Å². The van der Waals surface area contributed by atoms with E-state index in [0.717, 1.165) is 16.5 Å². The molecule has 1 N–H and O–H groups in total. The Kier molecular flexibility index (Phi) is 4.21. The number of ether oxygens (including phenoxy) is 1. The fourth-order valence-corrected chi connectivity index (χ4v) is 2.65. The van der Waals surface area contributed by atoms with E-state index in [2.05, 4.69) is 25.1 Å². The van der Waals surface area contributed by atoms with Crippen molar-refractivity contribution in [1.82, 2.24) is 30.0 Å². The summed E-state index contributed by atoms with van der Waals surface area (Å²) >= 11 is 0. The normalized spacial score (nSPS) is 10.7. The van der Waals surface area contributed by atoms with Gasteiger partial charge in [-0.15, -0.1) is 0 Å². The topological polar surface area (TPSA) is 96.9 Å². The lowest BCUT2D eigenvalue weighted by Crippen LogP contribution is -2.21. The van der Waals surface area contributed by atoms with Crippen molar-refractivity contribution >= 4 is 16.8 Å². The van der Waals surface area contributed by atoms with Crippen LogP contribution in [0.3, 0.4) is 0 Å². The lowest BCUT2D eigenvalue weighted by molar-refractivity contribution is 0.0827. The van der Waals surface area contributed by atoms with Crippen molar-refractivity contribution in [3.05, 3.63) is 60.6 Å². The third-order valence-electron chi connectivity index (χ3n) is 3.99. The molecule has 0 unspecified atom stereocenters. The van der Waals surface area contributed by atoms with Crippen LogP contribution in [0.25, 0.3) is 22.3 Å². The number of aromatic amines is 1. The van der Waals surface area contributed by atoms with Crippen molar-refractivity contribution < 1.29 is 9.53 Å². The van der Waals surface area contributed by atoms with Crippen LogP contribution < -0.4 is 4.74 Å². The Morgan fingerprint density at radius 3 is 2.67 bits per heavy atom. The summed E-state index contributed by atoms with van der Waals surface area (Å²) in [7, 11) is 3.42. The quantitative estimate of drug-likeness (QED) is 0.601. The van der Waals surface area contributed by atoms with Crippen LogP contribution in [0.15, 0.2) is 55.0 Å². The van der Waals surface area contributed by atoms with Crippen LogP contribution in [0, 0.1) is 0 Å². The van der Waals surface area contributed by atoms with Crippen LogP contribution in [0.2, 0.25) is 0 Å². The molecule has 0 radical (unpaired) electrons. The SMILES string of the molecule is CN(C)C(=O)c1ccc(Oc2ncnc(-c3cccc4[nH]ncc34)n2)cc1. The Morgan fingerprint density at radius 2 is 1.89 bits per heavy atom. The minimum Gasteiger partial charge on any atom is -0.424 e. The zero-order valence-corrected chi connectivity index (χ0v) is 14.7. The molecule has 0 aliphatic heterocycles. The van der Waals surface area contributed by atoms with Gasteiger partial charge in [0.25, 0.3) is 5.91 Å². The molecule has 0 aliphatic carbocycles. The average Bonchev–Trinajstić information content (AvgIpc) is 3.17. The highest BCUT2D eigenvalue weighted by Gasteiger charge is 2.11. The summed E-state index contributed by atoms with van der Waals surface area (Å²) in [5.41, 5.74) is 2.31. The molecular formula is C19H16N6O2. The number of nitrogens with zero attached hydrogens (tertiary/aromatic N) is 5. The fourth-order valence-electron chi connectivity index (χ4n) is 2.65. The van der Waals surface area contributed by atoms with Crippen LogP contribution >= 0.6 is 0 Å². The molecule has 0 saturated carbocycles. The van der Waals surface area contributed by atoms with Crippen LogP contribution in [0.1, 0.15) is 10.4 Å². The van der Waals surface area contributed by atoms with E-state index in [0.29, 0.717) is 17.1 Å². The van der Waals surface area contributed by atoms with E-state index in [1.54, 1.807) is 44.6 Å². The molecule has 8 nitrogen and oxygen atoms in total. The minimum absolute atomic E-state index is 0.0720. The molecule has 27 heavy (non-hydrogen) atoms. The summed E-state index contributed by atoms with van der Waals surface area (Å²) in [6.07, 6.45) is 3.13. The van der Waals surface area contributed by atoms with Gasteiger partial charge in [0.15, 0.2) is 5.82 Å². The van der Waals surface area contributed by atoms with Gasteiger partial charge in [-0.25, -0.2) is 4.98 Å². The van der Waals surface area contributed by atoms with Crippen molar-refractivity contribution in [2.75, 3.05) is 14.1 Å². The van der Waals surface area contributed by atoms with E-state index in [9.17, 15) is 4.79 Å². The predicted molar refractivity (Wildman–Crippen MR) is 99.4 cm³/mol. The summed E-state index contributed by atoms with van der Waals surface area (Å²) in [6.45, 7) is 0. The molecule has 0 atom stereocenters. The Labute approximate surface area is 154 Å². The van der Waals surface area contributed by atoms with E-state index in [-0.39, 0.29) is 11.9 Å². The Morgan fingerprint density at radius 1 is 1.07 bits per heavy atom. The van der Waals surface area contributed by atoms with Crippen LogP contribution in [0.5, 0.6) is 11.8 Å². The highest BCUT2D eigenvalue weighted by atomic mass is 16.5. The highest BCUT2D eigenvalue weighted by Crippen LogP contribution is 2.26. The standard InChI is InChI=1S/C19H16N6O2/c1-25(2)18(26)12-6-8-13(9-7-12)27-19-21-11-20-17(23-19)14-4-3-5-16-15(14)10-22-24-16/h3-11H,1-2H3,(H,22,24). The molecule has 2 aromatic carbocycles. The first-order chi connectivity index (χ1) is 13.1. The number of rotatable bonds is 4. The minimum atomic E-state index is -0.0720. The summed E-state index contributed by atoms with van der Waals surface area (Å²) in [5.74, 6) is 0.951. The fraction of sp³-hybridized carbons (Fsp3) is 0.105. The molecule has 0 saturated heterocycles. The lowest BCUT2D eigenvalue weighted by Gasteiger charge is -2.10. The average molecular weight is 360 g/mol. The van der Waals surface area contributed by atoms with Crippen molar-refractivity contribution in [1.29, 1.82) is 0 Å². The second-order valence-corrected chi connectivity index (χ2v) is 6.05. The van der Waals surface area contributed by atoms with E-state index in [1.807, 2.05) is 18.2 Å². The number of amides is 1. The molecule has 4 aromatic rings. The van der Waals surface area contributed by atoms with Crippen LogP contribution in [-0.2, 0) is 0 Å². The molecule has 1 amide bonds. The molecule has 0 spiro atoms. The molecule has 8 heteroatoms. The number of H-pyrrole nitrogens is 1. The summed E-state index contributed by atoms with van der Waals surface area (Å²) < 4.78 is 5.72. The monoisotopic (exact) mass is 360 g/mol. The van der Waals surface area contributed by atoms with Gasteiger partial charge in [-0.3, -0.25) is 9.89 Å². The molecule has 2 heterocycles. The van der Waals surface area contributed by atoms with Gasteiger partial charge >= 0.3 is 6.01 Å². The molecule has 0 fully saturated rings. The van der Waals surface area contributed by atoms with Crippen molar-refractivity contribution in [2.45, 2.75) is 0 Å². The number of carbonyl (C=O) groups is 1. The van der Waals surface area contributed by atoms with Crippen molar-refractivity contribution in [3.8, 4) is 23.1 Å². The first-order valence-corrected chi connectivity index (χ1v) is 8.23. The van der Waals surface area contributed by atoms with Crippen LogP contribution in [0.4, 0.5) is 0 Å². The molecule has 2 aromatic heterocycles. The van der Waals surface area contributed by atoms with Crippen LogP contribution in [-0.4, -0.2) is 50.1 Å². The molecule has 0 bridgehead atoms. The van der Waals surface area contributed by atoms with E-state index < -0.39 is 0 Å². The predicted octanol–water partition coefficient (Wildman–Crippen LogP) is 2.91. The van der Waals surface area contributed by atoms with Gasteiger partial charge in [0.1, 0.15) is 12.1 Å². The van der Waals surface area contributed by atoms with Crippen molar-refractivity contribution in [3.63, 3.8) is 0 Å². The third kappa shape index (κ3) is 3.32. The smallest absolute Gasteiger partial charge is 0.325 e. The summed E-state index contributed by atoms with van der Waals surface area (Å²) in [4.78, 5) is 26.2. The second-order valence-electron chi connectivity index (χ2n) is 6.05. The molecule has 4 rings (SSSR count). The zero-order valence-electron chi connectivity index (χ0n) is 14.7. The number of benzene rings is 2. The zero-order chi connectivity index (χ0) is 18.8. The first kappa shape index (κ1) is 16.6. The third-order valence-corrected chi connectivity index (χ3v) is 3.99. The Balaban J connectivity index is 1.60. The maximum atomic E-state index is 11.9. The van der Waals surface area contributed by atoms with E-state index in [1.165, 1.54) is 11.2 Å². The number of hydrogen-bond donors (Lipinski definition) is 1. The number of carbonyl (C=O) groups excluding carboxylic acids is 1. The maximum absolute atomic E-state index is 11.9. The van der Waals surface area contributed by atoms with E-state index in [4.69, 9.17) is 4.74 Å². The molecule has 134 valence electrons. The van der Waals surface area contributed by atoms with Gasteiger partial charge in [0.2, 0.25) is 0 Å².